The molecule has 0 aromatic rings. The zero-order valence-corrected chi connectivity index (χ0v) is 33.9. The number of nitrogens with one attached hydrogen (secondary N) is 1. The Kier molecular flexibility index (Phi) is 41.3. The molecule has 0 rings (SSSR count). The fraction of sp³-hybridized carbons (Fsp3) is 0.950. The monoisotopic (exact) mass is 736 g/mol. The van der Waals surface area contributed by atoms with E-state index in [1.165, 1.54) is 167 Å². The highest BCUT2D eigenvalue weighted by Gasteiger charge is 2.18. The molecular formula is C40H81NO8S. The Morgan fingerprint density at radius 3 is 0.920 bits per heavy atom. The normalized spacial score (nSPS) is 11.4. The summed E-state index contributed by atoms with van der Waals surface area (Å²) in [6.45, 7) is 4.88. The van der Waals surface area contributed by atoms with Crippen LogP contribution in [-0.2, 0) is 33.6 Å². The third-order valence-electron chi connectivity index (χ3n) is 9.08. The van der Waals surface area contributed by atoms with Crippen LogP contribution in [0.25, 0.3) is 0 Å². The summed E-state index contributed by atoms with van der Waals surface area (Å²) < 4.78 is 40.6. The lowest BCUT2D eigenvalue weighted by atomic mass is 10.0. The molecule has 0 fully saturated rings. The average molecular weight is 736 g/mol. The summed E-state index contributed by atoms with van der Waals surface area (Å²) >= 11 is 0. The molecule has 0 saturated heterocycles. The number of hydrogen-bond donors (Lipinski definition) is 2. The van der Waals surface area contributed by atoms with E-state index in [0.29, 0.717) is 19.4 Å². The molecule has 9 nitrogen and oxygen atoms in total. The van der Waals surface area contributed by atoms with Crippen molar-refractivity contribution in [3.8, 4) is 0 Å². The van der Waals surface area contributed by atoms with Crippen molar-refractivity contribution in [1.82, 2.24) is 5.32 Å². The molecule has 0 aromatic carbocycles. The van der Waals surface area contributed by atoms with Crippen LogP contribution >= 0.6 is 0 Å². The van der Waals surface area contributed by atoms with Crippen molar-refractivity contribution < 1.29 is 36.2 Å². The number of unbranched alkanes of at least 4 members (excludes halogenated alkanes) is 28. The van der Waals surface area contributed by atoms with E-state index in [1.807, 2.05) is 0 Å². The van der Waals surface area contributed by atoms with Gasteiger partial charge in [0.05, 0.1) is 13.7 Å². The van der Waals surface area contributed by atoms with E-state index < -0.39 is 16.7 Å². The Balaban J connectivity index is 0. The topological polar surface area (TPSA) is 128 Å². The van der Waals surface area contributed by atoms with E-state index in [1.54, 1.807) is 7.05 Å². The fourth-order valence-corrected chi connectivity index (χ4v) is 5.97. The third kappa shape index (κ3) is 44.8. The standard InChI is InChI=1S/C39H77NO4.CH4O4S/c1-4-6-8-10-12-14-16-18-20-22-24-26-28-30-32-34-37(41)43-39(36-40-3)44-38(42)35-33-31-29-27-25-23-21-19-17-15-13-11-9-7-5-2;1-5-6(2,3)4/h39-40H,4-36H2,1-3H3;1H3,(H,2,3,4). The maximum atomic E-state index is 12.3. The van der Waals surface area contributed by atoms with Gasteiger partial charge >= 0.3 is 22.3 Å². The molecule has 0 heterocycles. The number of likely N-dealkylation sites (N-methyl/N-ethyl adjacent to an activating group) is 1. The van der Waals surface area contributed by atoms with Crippen LogP contribution in [0.5, 0.6) is 0 Å². The summed E-state index contributed by atoms with van der Waals surface area (Å²) in [5.74, 6) is -0.528. The summed E-state index contributed by atoms with van der Waals surface area (Å²) in [6, 6.07) is 0. The van der Waals surface area contributed by atoms with Gasteiger partial charge in [0.25, 0.3) is 6.29 Å². The second-order valence-electron chi connectivity index (χ2n) is 14.0. The number of rotatable bonds is 37. The summed E-state index contributed by atoms with van der Waals surface area (Å²) in [6.07, 6.45) is 39.0. The van der Waals surface area contributed by atoms with Gasteiger partial charge in [-0.3, -0.25) is 18.3 Å². The van der Waals surface area contributed by atoms with Crippen molar-refractivity contribution in [3.05, 3.63) is 0 Å². The van der Waals surface area contributed by atoms with Crippen LogP contribution in [0.15, 0.2) is 0 Å². The van der Waals surface area contributed by atoms with E-state index >= 15 is 0 Å². The van der Waals surface area contributed by atoms with E-state index in [2.05, 4.69) is 23.3 Å². The molecule has 50 heavy (non-hydrogen) atoms. The molecule has 0 aromatic heterocycles. The van der Waals surface area contributed by atoms with Gasteiger partial charge in [-0.2, -0.15) is 8.42 Å². The minimum absolute atomic E-state index is 0.264. The van der Waals surface area contributed by atoms with Gasteiger partial charge in [0, 0.05) is 12.8 Å². The molecule has 0 bridgehead atoms. The molecule has 10 heteroatoms. The van der Waals surface area contributed by atoms with Crippen molar-refractivity contribution in [2.75, 3.05) is 20.7 Å². The maximum Gasteiger partial charge on any atom is 0.397 e. The van der Waals surface area contributed by atoms with Crippen molar-refractivity contribution in [2.24, 2.45) is 0 Å². The average Bonchev–Trinajstić information content (AvgIpc) is 3.08. The van der Waals surface area contributed by atoms with Gasteiger partial charge < -0.3 is 14.8 Å². The molecule has 0 aliphatic heterocycles. The minimum atomic E-state index is -4.16. The molecule has 0 unspecified atom stereocenters. The Morgan fingerprint density at radius 1 is 0.500 bits per heavy atom. The van der Waals surface area contributed by atoms with Crippen LogP contribution in [0.1, 0.15) is 219 Å². The summed E-state index contributed by atoms with van der Waals surface area (Å²) in [5.41, 5.74) is 0. The van der Waals surface area contributed by atoms with Crippen LogP contribution < -0.4 is 5.32 Å². The number of ether oxygens (including phenoxy) is 2. The first kappa shape index (κ1) is 50.9. The van der Waals surface area contributed by atoms with E-state index in [9.17, 15) is 18.0 Å². The molecule has 300 valence electrons. The molecule has 0 saturated carbocycles. The highest BCUT2D eigenvalue weighted by atomic mass is 32.3. The second kappa shape index (κ2) is 40.5. The van der Waals surface area contributed by atoms with Crippen molar-refractivity contribution in [1.29, 1.82) is 0 Å². The fourth-order valence-electron chi connectivity index (χ4n) is 5.97. The van der Waals surface area contributed by atoms with Gasteiger partial charge in [0.1, 0.15) is 0 Å². The zero-order chi connectivity index (χ0) is 37.4. The van der Waals surface area contributed by atoms with Crippen LogP contribution in [-0.4, -0.2) is 51.9 Å². The zero-order valence-electron chi connectivity index (χ0n) is 33.1. The Hall–Kier alpha value is -1.23. The molecular weight excluding hydrogens is 655 g/mol. The Labute approximate surface area is 309 Å². The number of esters is 2. The van der Waals surface area contributed by atoms with E-state index in [-0.39, 0.29) is 11.9 Å². The largest absolute Gasteiger partial charge is 0.424 e. The van der Waals surface area contributed by atoms with Crippen molar-refractivity contribution in [3.63, 3.8) is 0 Å². The first-order chi connectivity index (χ1) is 24.2. The highest BCUT2D eigenvalue weighted by molar-refractivity contribution is 7.80. The van der Waals surface area contributed by atoms with Crippen LogP contribution in [0.3, 0.4) is 0 Å². The van der Waals surface area contributed by atoms with Gasteiger partial charge in [0.2, 0.25) is 0 Å². The first-order valence-corrected chi connectivity index (χ1v) is 22.1. The van der Waals surface area contributed by atoms with E-state index in [0.717, 1.165) is 32.8 Å². The maximum absolute atomic E-state index is 12.3. The Bertz CT molecular complexity index is 776. The molecule has 0 aliphatic carbocycles. The van der Waals surface area contributed by atoms with E-state index in [4.69, 9.17) is 14.0 Å². The molecule has 0 amide bonds. The number of hydrogen-bond acceptors (Lipinski definition) is 8. The second-order valence-corrected chi connectivity index (χ2v) is 15.1. The highest BCUT2D eigenvalue weighted by Crippen LogP contribution is 2.16. The lowest BCUT2D eigenvalue weighted by Gasteiger charge is -2.18. The quantitative estimate of drug-likeness (QED) is 0.0277. The summed E-state index contributed by atoms with van der Waals surface area (Å²) in [5, 5.41) is 2.97. The predicted molar refractivity (Wildman–Crippen MR) is 208 cm³/mol. The van der Waals surface area contributed by atoms with Gasteiger partial charge in [-0.05, 0) is 19.9 Å². The minimum Gasteiger partial charge on any atom is -0.424 e. The Morgan fingerprint density at radius 2 is 0.720 bits per heavy atom. The number of carbonyl (C=O) groups is 2. The lowest BCUT2D eigenvalue weighted by Crippen LogP contribution is -2.33. The summed E-state index contributed by atoms with van der Waals surface area (Å²) in [4.78, 5) is 24.6. The first-order valence-electron chi connectivity index (χ1n) is 20.8. The van der Waals surface area contributed by atoms with Crippen LogP contribution in [0.4, 0.5) is 0 Å². The predicted octanol–water partition coefficient (Wildman–Crippen LogP) is 11.6. The van der Waals surface area contributed by atoms with Crippen LogP contribution in [0, 0.1) is 0 Å². The SMILES string of the molecule is CCCCCCCCCCCCCCCCCC(=O)OC(CNC)OC(=O)CCCCCCCCCCCCCCCCC.COS(=O)(=O)O. The molecule has 0 aliphatic rings. The smallest absolute Gasteiger partial charge is 0.397 e. The van der Waals surface area contributed by atoms with Crippen molar-refractivity contribution >= 4 is 22.3 Å². The summed E-state index contributed by atoms with van der Waals surface area (Å²) in [7, 11) is -1.52. The van der Waals surface area contributed by atoms with Gasteiger partial charge in [-0.1, -0.05) is 194 Å². The van der Waals surface area contributed by atoms with Gasteiger partial charge in [0.15, 0.2) is 0 Å². The molecule has 2 N–H and O–H groups in total. The van der Waals surface area contributed by atoms with Gasteiger partial charge in [-0.25, -0.2) is 0 Å². The third-order valence-corrected chi connectivity index (χ3v) is 9.50. The number of carbonyl (C=O) groups excluding carboxylic acids is 2. The van der Waals surface area contributed by atoms with Crippen molar-refractivity contribution in [2.45, 2.75) is 226 Å². The lowest BCUT2D eigenvalue weighted by molar-refractivity contribution is -0.187. The van der Waals surface area contributed by atoms with Crippen LogP contribution in [0.2, 0.25) is 0 Å². The molecule has 0 atom stereocenters. The molecule has 0 spiro atoms. The molecule has 0 radical (unpaired) electrons. The van der Waals surface area contributed by atoms with Gasteiger partial charge in [-0.15, -0.1) is 0 Å².